The Morgan fingerprint density at radius 2 is 2.00 bits per heavy atom. The SMILES string of the molecule is C=C(CC(C)c1ccccc1)C(=O)OCC. The summed E-state index contributed by atoms with van der Waals surface area (Å²) in [7, 11) is 0. The first-order valence-electron chi connectivity index (χ1n) is 5.55. The average molecular weight is 218 g/mol. The topological polar surface area (TPSA) is 26.3 Å². The molecule has 1 rings (SSSR count). The Kier molecular flexibility index (Phi) is 4.77. The minimum atomic E-state index is -0.287. The summed E-state index contributed by atoms with van der Waals surface area (Å²) in [6.45, 7) is 8.05. The van der Waals surface area contributed by atoms with E-state index in [1.165, 1.54) is 5.56 Å². The molecule has 0 radical (unpaired) electrons. The molecule has 0 fully saturated rings. The highest BCUT2D eigenvalue weighted by molar-refractivity contribution is 5.87. The summed E-state index contributed by atoms with van der Waals surface area (Å²) in [5.74, 6) is 0.00314. The Morgan fingerprint density at radius 1 is 1.38 bits per heavy atom. The van der Waals surface area contributed by atoms with Crippen molar-refractivity contribution in [2.45, 2.75) is 26.2 Å². The largest absolute Gasteiger partial charge is 0.463 e. The van der Waals surface area contributed by atoms with E-state index < -0.39 is 0 Å². The van der Waals surface area contributed by atoms with Gasteiger partial charge in [-0.15, -0.1) is 0 Å². The molecule has 0 aliphatic rings. The van der Waals surface area contributed by atoms with E-state index >= 15 is 0 Å². The van der Waals surface area contributed by atoms with Crippen LogP contribution >= 0.6 is 0 Å². The summed E-state index contributed by atoms with van der Waals surface area (Å²) in [6.07, 6.45) is 0.642. The lowest BCUT2D eigenvalue weighted by Crippen LogP contribution is -2.09. The maximum absolute atomic E-state index is 11.4. The van der Waals surface area contributed by atoms with Gasteiger partial charge in [-0.3, -0.25) is 0 Å². The highest BCUT2D eigenvalue weighted by atomic mass is 16.5. The molecule has 0 aromatic heterocycles. The van der Waals surface area contributed by atoms with E-state index in [2.05, 4.69) is 25.6 Å². The first-order valence-corrected chi connectivity index (χ1v) is 5.55. The van der Waals surface area contributed by atoms with Crippen LogP contribution in [0.25, 0.3) is 0 Å². The van der Waals surface area contributed by atoms with Crippen LogP contribution in [0.5, 0.6) is 0 Å². The van der Waals surface area contributed by atoms with Crippen LogP contribution in [0.4, 0.5) is 0 Å². The van der Waals surface area contributed by atoms with Gasteiger partial charge >= 0.3 is 5.97 Å². The predicted octanol–water partition coefficient (Wildman–Crippen LogP) is 3.30. The lowest BCUT2D eigenvalue weighted by molar-refractivity contribution is -0.138. The fraction of sp³-hybridized carbons (Fsp3) is 0.357. The molecule has 0 aliphatic carbocycles. The van der Waals surface area contributed by atoms with Gasteiger partial charge in [-0.2, -0.15) is 0 Å². The zero-order chi connectivity index (χ0) is 12.0. The molecule has 1 unspecified atom stereocenters. The smallest absolute Gasteiger partial charge is 0.333 e. The third-order valence-corrected chi connectivity index (χ3v) is 2.49. The number of rotatable bonds is 5. The first-order chi connectivity index (χ1) is 7.65. The molecule has 2 heteroatoms. The van der Waals surface area contributed by atoms with Crippen molar-refractivity contribution in [3.63, 3.8) is 0 Å². The van der Waals surface area contributed by atoms with Crippen molar-refractivity contribution >= 4 is 5.97 Å². The standard InChI is InChI=1S/C14H18O2/c1-4-16-14(15)12(3)10-11(2)13-8-6-5-7-9-13/h5-9,11H,3-4,10H2,1-2H3. The maximum Gasteiger partial charge on any atom is 0.333 e. The van der Waals surface area contributed by atoms with E-state index in [-0.39, 0.29) is 11.9 Å². The fourth-order valence-electron chi connectivity index (χ4n) is 1.59. The number of hydrogen-bond acceptors (Lipinski definition) is 2. The fourth-order valence-corrected chi connectivity index (χ4v) is 1.59. The molecular weight excluding hydrogens is 200 g/mol. The second kappa shape index (κ2) is 6.11. The summed E-state index contributed by atoms with van der Waals surface area (Å²) >= 11 is 0. The molecule has 1 atom stereocenters. The van der Waals surface area contributed by atoms with Crippen LogP contribution in [0.1, 0.15) is 31.7 Å². The molecule has 2 nitrogen and oxygen atoms in total. The van der Waals surface area contributed by atoms with Crippen molar-refractivity contribution in [2.75, 3.05) is 6.61 Å². The van der Waals surface area contributed by atoms with Crippen LogP contribution in [0.15, 0.2) is 42.5 Å². The van der Waals surface area contributed by atoms with Gasteiger partial charge in [0, 0.05) is 5.57 Å². The molecule has 86 valence electrons. The van der Waals surface area contributed by atoms with Gasteiger partial charge in [0.1, 0.15) is 0 Å². The van der Waals surface area contributed by atoms with E-state index in [0.717, 1.165) is 0 Å². The van der Waals surface area contributed by atoms with Gasteiger partial charge in [0.25, 0.3) is 0 Å². The van der Waals surface area contributed by atoms with Gasteiger partial charge in [-0.05, 0) is 24.8 Å². The van der Waals surface area contributed by atoms with Gasteiger partial charge in [-0.25, -0.2) is 4.79 Å². The van der Waals surface area contributed by atoms with E-state index in [4.69, 9.17) is 4.74 Å². The monoisotopic (exact) mass is 218 g/mol. The Morgan fingerprint density at radius 3 is 2.56 bits per heavy atom. The minimum Gasteiger partial charge on any atom is -0.463 e. The molecule has 0 N–H and O–H groups in total. The third-order valence-electron chi connectivity index (χ3n) is 2.49. The number of carbonyl (C=O) groups excluding carboxylic acids is 1. The van der Waals surface area contributed by atoms with Gasteiger partial charge in [0.05, 0.1) is 6.61 Å². The summed E-state index contributed by atoms with van der Waals surface area (Å²) < 4.78 is 4.90. The van der Waals surface area contributed by atoms with Gasteiger partial charge in [0.2, 0.25) is 0 Å². The summed E-state index contributed by atoms with van der Waals surface area (Å²) in [5, 5.41) is 0. The first kappa shape index (κ1) is 12.5. The molecule has 1 aromatic rings. The Labute approximate surface area is 96.9 Å². The molecule has 1 aromatic carbocycles. The number of esters is 1. The quantitative estimate of drug-likeness (QED) is 0.560. The average Bonchev–Trinajstić information content (AvgIpc) is 2.30. The molecule has 0 saturated heterocycles. The van der Waals surface area contributed by atoms with Gasteiger partial charge < -0.3 is 4.74 Å². The molecule has 0 spiro atoms. The molecule has 16 heavy (non-hydrogen) atoms. The van der Waals surface area contributed by atoms with Crippen LogP contribution in [0.2, 0.25) is 0 Å². The number of hydrogen-bond donors (Lipinski definition) is 0. The zero-order valence-corrected chi connectivity index (χ0v) is 9.90. The second-order valence-corrected chi connectivity index (χ2v) is 3.84. The van der Waals surface area contributed by atoms with E-state index in [1.54, 1.807) is 6.92 Å². The van der Waals surface area contributed by atoms with E-state index in [0.29, 0.717) is 18.6 Å². The predicted molar refractivity (Wildman–Crippen MR) is 65.2 cm³/mol. The molecule has 0 saturated carbocycles. The number of ether oxygens (including phenoxy) is 1. The number of carbonyl (C=O) groups is 1. The normalized spacial score (nSPS) is 11.9. The number of benzene rings is 1. The van der Waals surface area contributed by atoms with Crippen LogP contribution in [-0.4, -0.2) is 12.6 Å². The molecule has 0 aliphatic heterocycles. The lowest BCUT2D eigenvalue weighted by Gasteiger charge is -2.12. The zero-order valence-electron chi connectivity index (χ0n) is 9.90. The van der Waals surface area contributed by atoms with Crippen LogP contribution in [-0.2, 0) is 9.53 Å². The molecule has 0 bridgehead atoms. The summed E-state index contributed by atoms with van der Waals surface area (Å²) in [4.78, 5) is 11.4. The van der Waals surface area contributed by atoms with Crippen molar-refractivity contribution in [3.8, 4) is 0 Å². The van der Waals surface area contributed by atoms with Crippen molar-refractivity contribution < 1.29 is 9.53 Å². The lowest BCUT2D eigenvalue weighted by atomic mass is 9.94. The van der Waals surface area contributed by atoms with E-state index in [9.17, 15) is 4.79 Å². The van der Waals surface area contributed by atoms with Crippen molar-refractivity contribution in [2.24, 2.45) is 0 Å². The van der Waals surface area contributed by atoms with E-state index in [1.807, 2.05) is 18.2 Å². The molecule has 0 amide bonds. The Hall–Kier alpha value is -1.57. The molecular formula is C14H18O2. The van der Waals surface area contributed by atoms with Gasteiger partial charge in [-0.1, -0.05) is 43.8 Å². The Balaban J connectivity index is 2.55. The minimum absolute atomic E-state index is 0.287. The Bertz CT molecular complexity index is 354. The summed E-state index contributed by atoms with van der Waals surface area (Å²) in [5.41, 5.74) is 1.76. The third kappa shape index (κ3) is 3.54. The second-order valence-electron chi connectivity index (χ2n) is 3.84. The van der Waals surface area contributed by atoms with Crippen LogP contribution in [0, 0.1) is 0 Å². The summed E-state index contributed by atoms with van der Waals surface area (Å²) in [6, 6.07) is 10.1. The van der Waals surface area contributed by atoms with Crippen LogP contribution in [0.3, 0.4) is 0 Å². The highest BCUT2D eigenvalue weighted by Crippen LogP contribution is 2.22. The molecule has 0 heterocycles. The van der Waals surface area contributed by atoms with Gasteiger partial charge in [0.15, 0.2) is 0 Å². The highest BCUT2D eigenvalue weighted by Gasteiger charge is 2.13. The van der Waals surface area contributed by atoms with Crippen molar-refractivity contribution in [1.82, 2.24) is 0 Å². The van der Waals surface area contributed by atoms with Crippen LogP contribution < -0.4 is 0 Å². The van der Waals surface area contributed by atoms with Crippen molar-refractivity contribution in [3.05, 3.63) is 48.0 Å². The van der Waals surface area contributed by atoms with Crippen molar-refractivity contribution in [1.29, 1.82) is 0 Å². The maximum atomic E-state index is 11.4.